The minimum Gasteiger partial charge on any atom is -0.451 e. The lowest BCUT2D eigenvalue weighted by molar-refractivity contribution is -0.150. The Morgan fingerprint density at radius 2 is 1.03 bits per heavy atom. The first-order chi connectivity index (χ1) is 16.7. The van der Waals surface area contributed by atoms with Gasteiger partial charge in [-0.3, -0.25) is 4.79 Å². The van der Waals surface area contributed by atoms with Crippen LogP contribution >= 0.6 is 0 Å². The molecule has 0 aromatic heterocycles. The number of esters is 1. The number of carbonyl (C=O) groups excluding carboxylic acids is 2. The smallest absolute Gasteiger partial charge is 0.361 e. The molecule has 0 bridgehead atoms. The Morgan fingerprint density at radius 3 is 1.53 bits per heavy atom. The third kappa shape index (κ3) is 5.48. The Balaban J connectivity index is 1.64. The van der Waals surface area contributed by atoms with Gasteiger partial charge >= 0.3 is 11.9 Å². The van der Waals surface area contributed by atoms with Crippen LogP contribution in [-0.4, -0.2) is 25.0 Å². The maximum absolute atomic E-state index is 13.9. The Labute approximate surface area is 200 Å². The van der Waals surface area contributed by atoms with Gasteiger partial charge in [0.15, 0.2) is 0 Å². The summed E-state index contributed by atoms with van der Waals surface area (Å²) in [4.78, 5) is 26.5. The quantitative estimate of drug-likeness (QED) is 0.236. The van der Waals surface area contributed by atoms with Crippen LogP contribution in [0.3, 0.4) is 0 Å². The van der Waals surface area contributed by atoms with Gasteiger partial charge in [0.1, 0.15) is 11.4 Å². The highest BCUT2D eigenvalue weighted by atomic mass is 16.5. The largest absolute Gasteiger partial charge is 0.451 e. The molecule has 0 aliphatic rings. The Morgan fingerprint density at radius 1 is 0.588 bits per heavy atom. The molecule has 0 atom stereocenters. The van der Waals surface area contributed by atoms with Gasteiger partial charge in [-0.15, -0.1) is 0 Å². The summed E-state index contributed by atoms with van der Waals surface area (Å²) in [5.74, 6) is -0.600. The Hall–Kier alpha value is -4.02. The van der Waals surface area contributed by atoms with Crippen LogP contribution in [0, 0.1) is 0 Å². The van der Waals surface area contributed by atoms with Crippen LogP contribution < -0.4 is 4.48 Å². The van der Waals surface area contributed by atoms with Gasteiger partial charge in [0.2, 0.25) is 6.61 Å². The maximum Gasteiger partial charge on any atom is 0.361 e. The summed E-state index contributed by atoms with van der Waals surface area (Å²) in [6.07, 6.45) is 0.823. The average molecular weight is 451 g/mol. The van der Waals surface area contributed by atoms with Gasteiger partial charge in [-0.05, 0) is 11.1 Å². The van der Waals surface area contributed by atoms with E-state index in [1.165, 1.54) is 0 Å². The van der Waals surface area contributed by atoms with E-state index in [1.54, 1.807) is 0 Å². The van der Waals surface area contributed by atoms with Gasteiger partial charge < -0.3 is 4.74 Å². The number of carbonyl (C=O) groups is 2. The number of para-hydroxylation sites is 2. The summed E-state index contributed by atoms with van der Waals surface area (Å²) >= 11 is 0. The van der Waals surface area contributed by atoms with Gasteiger partial charge in [-0.1, -0.05) is 97.1 Å². The minimum absolute atomic E-state index is 0.0325. The lowest BCUT2D eigenvalue weighted by Gasteiger charge is -2.35. The predicted octanol–water partition coefficient (Wildman–Crippen LogP) is 5.88. The number of amides is 1. The molecule has 0 aliphatic carbocycles. The van der Waals surface area contributed by atoms with Crippen LogP contribution in [0.1, 0.15) is 11.1 Å². The van der Waals surface area contributed by atoms with E-state index in [9.17, 15) is 9.59 Å². The van der Waals surface area contributed by atoms with Gasteiger partial charge in [0.05, 0.1) is 13.0 Å². The highest BCUT2D eigenvalue weighted by molar-refractivity contribution is 5.96. The summed E-state index contributed by atoms with van der Waals surface area (Å²) in [6.45, 7) is 0.206. The van der Waals surface area contributed by atoms with Gasteiger partial charge in [-0.2, -0.15) is 4.48 Å². The van der Waals surface area contributed by atoms with E-state index in [0.717, 1.165) is 22.5 Å². The van der Waals surface area contributed by atoms with Crippen LogP contribution in [0.15, 0.2) is 121 Å². The Bertz CT molecular complexity index is 1150. The first-order valence-electron chi connectivity index (χ1n) is 11.4. The van der Waals surface area contributed by atoms with Crippen molar-refractivity contribution in [2.24, 2.45) is 0 Å². The summed E-state index contributed by atoms with van der Waals surface area (Å²) in [7, 11) is 0. The number of quaternary nitrogens is 1. The second kappa shape index (κ2) is 11.2. The number of benzene rings is 4. The van der Waals surface area contributed by atoms with E-state index in [2.05, 4.69) is 12.1 Å². The Kier molecular flexibility index (Phi) is 7.63. The lowest BCUT2D eigenvalue weighted by Crippen LogP contribution is -2.53. The molecule has 0 N–H and O–H groups in total. The molecule has 0 saturated carbocycles. The van der Waals surface area contributed by atoms with Crippen molar-refractivity contribution in [2.45, 2.75) is 12.8 Å². The molecule has 4 heteroatoms. The van der Waals surface area contributed by atoms with Crippen molar-refractivity contribution in [3.8, 4) is 0 Å². The second-order valence-corrected chi connectivity index (χ2v) is 8.16. The van der Waals surface area contributed by atoms with E-state index in [0.29, 0.717) is 13.0 Å². The first kappa shape index (κ1) is 23.1. The number of ether oxygens (including phenoxy) is 1. The van der Waals surface area contributed by atoms with E-state index in [4.69, 9.17) is 4.74 Å². The average Bonchev–Trinajstić information content (AvgIpc) is 2.90. The summed E-state index contributed by atoms with van der Waals surface area (Å²) in [6, 6.07) is 39.0. The fourth-order valence-corrected chi connectivity index (χ4v) is 4.19. The second-order valence-electron chi connectivity index (χ2n) is 8.16. The highest BCUT2D eigenvalue weighted by Crippen LogP contribution is 2.35. The molecular weight excluding hydrogens is 422 g/mol. The number of hydrogen-bond acceptors (Lipinski definition) is 3. The lowest BCUT2D eigenvalue weighted by atomic mass is 10.1. The van der Waals surface area contributed by atoms with Gasteiger partial charge in [0.25, 0.3) is 0 Å². The zero-order valence-electron chi connectivity index (χ0n) is 19.0. The van der Waals surface area contributed by atoms with Crippen LogP contribution in [-0.2, 0) is 27.2 Å². The molecule has 0 aliphatic heterocycles. The highest BCUT2D eigenvalue weighted by Gasteiger charge is 2.42. The molecular formula is C30H28NO3+. The van der Waals surface area contributed by atoms with Crippen molar-refractivity contribution < 1.29 is 14.3 Å². The maximum atomic E-state index is 13.9. The predicted molar refractivity (Wildman–Crippen MR) is 135 cm³/mol. The van der Waals surface area contributed by atoms with Crippen molar-refractivity contribution in [2.75, 3.05) is 13.2 Å². The van der Waals surface area contributed by atoms with E-state index >= 15 is 0 Å². The molecule has 4 nitrogen and oxygen atoms in total. The normalized spacial score (nSPS) is 11.1. The van der Waals surface area contributed by atoms with E-state index in [1.807, 2.05) is 109 Å². The van der Waals surface area contributed by atoms with Crippen molar-refractivity contribution in [3.63, 3.8) is 0 Å². The first-order valence-corrected chi connectivity index (χ1v) is 11.4. The van der Waals surface area contributed by atoms with Crippen molar-refractivity contribution in [1.82, 2.24) is 4.48 Å². The summed E-state index contributed by atoms with van der Waals surface area (Å²) < 4.78 is 5.47. The molecule has 34 heavy (non-hydrogen) atoms. The number of nitrogens with zero attached hydrogens (tertiary/aromatic N) is 1. The van der Waals surface area contributed by atoms with E-state index in [-0.39, 0.29) is 23.4 Å². The molecule has 170 valence electrons. The topological polar surface area (TPSA) is 43.4 Å². The van der Waals surface area contributed by atoms with Crippen LogP contribution in [0.4, 0.5) is 11.4 Å². The molecule has 0 spiro atoms. The zero-order valence-corrected chi connectivity index (χ0v) is 19.0. The molecule has 0 saturated heterocycles. The van der Waals surface area contributed by atoms with Crippen molar-refractivity contribution >= 4 is 23.3 Å². The monoisotopic (exact) mass is 450 g/mol. The van der Waals surface area contributed by atoms with Crippen LogP contribution in [0.2, 0.25) is 0 Å². The molecule has 1 amide bonds. The van der Waals surface area contributed by atoms with Crippen LogP contribution in [0.25, 0.3) is 0 Å². The molecule has 0 radical (unpaired) electrons. The zero-order chi connectivity index (χ0) is 23.6. The molecule has 0 fully saturated rings. The SMILES string of the molecule is O=C(Cc1ccccc1)OCC(=O)[N+](CCc1ccccc1)(c1ccccc1)c1ccccc1. The number of rotatable bonds is 9. The number of hydrogen-bond donors (Lipinski definition) is 0. The van der Waals surface area contributed by atoms with E-state index < -0.39 is 5.97 Å². The minimum atomic E-state index is -0.415. The van der Waals surface area contributed by atoms with Crippen molar-refractivity contribution in [3.05, 3.63) is 132 Å². The fourth-order valence-electron chi connectivity index (χ4n) is 4.19. The third-order valence-corrected chi connectivity index (χ3v) is 5.95. The third-order valence-electron chi connectivity index (χ3n) is 5.95. The standard InChI is InChI=1S/C30H28NO3/c32-29(24-34-30(33)23-26-15-7-2-8-16-26)31(27-17-9-3-10-18-27,28-19-11-4-12-20-28)22-21-25-13-5-1-6-14-25/h1-20H,21-24H2/q+1. The summed E-state index contributed by atoms with van der Waals surface area (Å²) in [5, 5.41) is 0. The molecule has 4 rings (SSSR count). The van der Waals surface area contributed by atoms with Crippen molar-refractivity contribution in [1.29, 1.82) is 0 Å². The van der Waals surface area contributed by atoms with Crippen LogP contribution in [0.5, 0.6) is 0 Å². The molecule has 0 unspecified atom stereocenters. The van der Waals surface area contributed by atoms with Gasteiger partial charge in [-0.25, -0.2) is 4.79 Å². The van der Waals surface area contributed by atoms with Gasteiger partial charge in [0, 0.05) is 30.7 Å². The molecule has 4 aromatic rings. The molecule has 0 heterocycles. The molecule has 4 aromatic carbocycles. The fraction of sp³-hybridized carbons (Fsp3) is 0.133. The summed E-state index contributed by atoms with van der Waals surface area (Å²) in [5.41, 5.74) is 3.68.